The van der Waals surface area contributed by atoms with Gasteiger partial charge in [0, 0.05) is 19.2 Å². The SMILES string of the molecule is Cc1cc2c(cc(C(=O)NN)n2C)o1. The Hall–Kier alpha value is -1.75. The van der Waals surface area contributed by atoms with Crippen molar-refractivity contribution in [2.45, 2.75) is 6.92 Å². The summed E-state index contributed by atoms with van der Waals surface area (Å²) in [6.07, 6.45) is 0. The fraction of sp³-hybridized carbons (Fsp3) is 0.222. The molecule has 2 aromatic rings. The number of hydrogen-bond acceptors (Lipinski definition) is 3. The van der Waals surface area contributed by atoms with Crippen molar-refractivity contribution in [3.8, 4) is 0 Å². The summed E-state index contributed by atoms with van der Waals surface area (Å²) in [5.74, 6) is 5.55. The third kappa shape index (κ3) is 1.10. The van der Waals surface area contributed by atoms with Gasteiger partial charge in [-0.25, -0.2) is 5.84 Å². The summed E-state index contributed by atoms with van der Waals surface area (Å²) in [5, 5.41) is 0. The van der Waals surface area contributed by atoms with Crippen LogP contribution in [0.15, 0.2) is 16.5 Å². The van der Waals surface area contributed by atoms with E-state index in [-0.39, 0.29) is 5.91 Å². The Morgan fingerprint density at radius 3 is 2.86 bits per heavy atom. The maximum Gasteiger partial charge on any atom is 0.281 e. The summed E-state index contributed by atoms with van der Waals surface area (Å²) in [6, 6.07) is 3.55. The highest BCUT2D eigenvalue weighted by Crippen LogP contribution is 2.22. The Labute approximate surface area is 80.4 Å². The number of carbonyl (C=O) groups excluding carboxylic acids is 1. The summed E-state index contributed by atoms with van der Waals surface area (Å²) < 4.78 is 7.13. The van der Waals surface area contributed by atoms with Crippen LogP contribution < -0.4 is 11.3 Å². The van der Waals surface area contributed by atoms with E-state index in [0.717, 1.165) is 11.3 Å². The number of hydrazine groups is 1. The van der Waals surface area contributed by atoms with Crippen molar-refractivity contribution in [3.63, 3.8) is 0 Å². The molecule has 0 aliphatic heterocycles. The number of nitrogen functional groups attached to an aromatic ring is 1. The van der Waals surface area contributed by atoms with E-state index < -0.39 is 0 Å². The van der Waals surface area contributed by atoms with E-state index in [9.17, 15) is 4.79 Å². The highest BCUT2D eigenvalue weighted by molar-refractivity contribution is 5.97. The van der Waals surface area contributed by atoms with E-state index in [1.807, 2.05) is 13.0 Å². The third-order valence-corrected chi connectivity index (χ3v) is 2.22. The molecule has 0 unspecified atom stereocenters. The molecule has 0 aromatic carbocycles. The molecule has 2 rings (SSSR count). The van der Waals surface area contributed by atoms with Gasteiger partial charge in [-0.15, -0.1) is 0 Å². The zero-order chi connectivity index (χ0) is 10.3. The van der Waals surface area contributed by atoms with Crippen LogP contribution in [-0.2, 0) is 7.05 Å². The number of aromatic nitrogens is 1. The first-order valence-electron chi connectivity index (χ1n) is 4.20. The van der Waals surface area contributed by atoms with Crippen molar-refractivity contribution in [2.75, 3.05) is 0 Å². The van der Waals surface area contributed by atoms with Crippen LogP contribution in [0.1, 0.15) is 16.2 Å². The fourth-order valence-corrected chi connectivity index (χ4v) is 1.53. The van der Waals surface area contributed by atoms with E-state index in [0.29, 0.717) is 11.3 Å². The smallest absolute Gasteiger partial charge is 0.281 e. The molecule has 0 saturated heterocycles. The Morgan fingerprint density at radius 1 is 1.57 bits per heavy atom. The molecule has 3 N–H and O–H groups in total. The second-order valence-corrected chi connectivity index (χ2v) is 3.17. The molecule has 0 saturated carbocycles. The predicted molar refractivity (Wildman–Crippen MR) is 51.6 cm³/mol. The van der Waals surface area contributed by atoms with Crippen LogP contribution in [0.4, 0.5) is 0 Å². The van der Waals surface area contributed by atoms with Gasteiger partial charge in [0.05, 0.1) is 5.52 Å². The largest absolute Gasteiger partial charge is 0.460 e. The Bertz CT molecular complexity index is 495. The van der Waals surface area contributed by atoms with Gasteiger partial charge in [-0.2, -0.15) is 0 Å². The predicted octanol–water partition coefficient (Wildman–Crippen LogP) is 0.683. The maximum atomic E-state index is 11.3. The third-order valence-electron chi connectivity index (χ3n) is 2.22. The average molecular weight is 193 g/mol. The second kappa shape index (κ2) is 2.88. The second-order valence-electron chi connectivity index (χ2n) is 3.17. The molecule has 1 amide bonds. The van der Waals surface area contributed by atoms with Crippen molar-refractivity contribution in [2.24, 2.45) is 12.9 Å². The molecule has 0 atom stereocenters. The number of nitrogens with two attached hydrogens (primary N) is 1. The normalized spacial score (nSPS) is 10.8. The number of aryl methyl sites for hydroxylation is 2. The molecule has 14 heavy (non-hydrogen) atoms. The van der Waals surface area contributed by atoms with Crippen LogP contribution in [0.3, 0.4) is 0 Å². The number of nitrogens with one attached hydrogen (secondary N) is 1. The molecule has 5 nitrogen and oxygen atoms in total. The lowest BCUT2D eigenvalue weighted by Crippen LogP contribution is -2.31. The number of amides is 1. The highest BCUT2D eigenvalue weighted by Gasteiger charge is 2.14. The van der Waals surface area contributed by atoms with Crippen LogP contribution in [-0.4, -0.2) is 10.5 Å². The van der Waals surface area contributed by atoms with Gasteiger partial charge in [-0.1, -0.05) is 0 Å². The molecule has 0 aliphatic carbocycles. The number of nitrogens with zero attached hydrogens (tertiary/aromatic N) is 1. The zero-order valence-electron chi connectivity index (χ0n) is 8.00. The molecular weight excluding hydrogens is 182 g/mol. The van der Waals surface area contributed by atoms with Gasteiger partial charge >= 0.3 is 0 Å². The van der Waals surface area contributed by atoms with Crippen molar-refractivity contribution < 1.29 is 9.21 Å². The van der Waals surface area contributed by atoms with E-state index in [2.05, 4.69) is 5.43 Å². The zero-order valence-corrected chi connectivity index (χ0v) is 8.00. The van der Waals surface area contributed by atoms with E-state index in [1.54, 1.807) is 17.7 Å². The number of rotatable bonds is 1. The Balaban J connectivity index is 2.64. The highest BCUT2D eigenvalue weighted by atomic mass is 16.3. The average Bonchev–Trinajstić information content (AvgIpc) is 2.64. The summed E-state index contributed by atoms with van der Waals surface area (Å²) in [7, 11) is 1.79. The standard InChI is InChI=1S/C9H11N3O2/c1-5-3-6-8(14-5)4-7(12(6)2)9(13)11-10/h3-4H,10H2,1-2H3,(H,11,13). The van der Waals surface area contributed by atoms with Crippen LogP contribution in [0.25, 0.3) is 11.1 Å². The summed E-state index contributed by atoms with van der Waals surface area (Å²) in [5.41, 5.74) is 4.16. The van der Waals surface area contributed by atoms with Crippen molar-refractivity contribution in [1.29, 1.82) is 0 Å². The van der Waals surface area contributed by atoms with Crippen molar-refractivity contribution >= 4 is 17.0 Å². The minimum Gasteiger partial charge on any atom is -0.460 e. The lowest BCUT2D eigenvalue weighted by molar-refractivity contribution is 0.0946. The van der Waals surface area contributed by atoms with Gasteiger partial charge in [0.2, 0.25) is 0 Å². The first-order chi connectivity index (χ1) is 6.63. The molecule has 0 bridgehead atoms. The van der Waals surface area contributed by atoms with Crippen LogP contribution in [0.5, 0.6) is 0 Å². The minimum absolute atomic E-state index is 0.323. The van der Waals surface area contributed by atoms with Gasteiger partial charge in [0.1, 0.15) is 11.5 Å². The van der Waals surface area contributed by atoms with E-state index in [4.69, 9.17) is 10.3 Å². The van der Waals surface area contributed by atoms with Gasteiger partial charge < -0.3 is 8.98 Å². The first kappa shape index (κ1) is 8.83. The van der Waals surface area contributed by atoms with E-state index in [1.165, 1.54) is 0 Å². The van der Waals surface area contributed by atoms with Crippen molar-refractivity contribution in [3.05, 3.63) is 23.6 Å². The van der Waals surface area contributed by atoms with Crippen LogP contribution in [0.2, 0.25) is 0 Å². The molecule has 74 valence electrons. The molecule has 0 spiro atoms. The molecule has 5 heteroatoms. The number of furan rings is 1. The Kier molecular flexibility index (Phi) is 1.82. The first-order valence-corrected chi connectivity index (χ1v) is 4.20. The molecule has 2 heterocycles. The van der Waals surface area contributed by atoms with Gasteiger partial charge in [-0.3, -0.25) is 10.2 Å². The fourth-order valence-electron chi connectivity index (χ4n) is 1.53. The van der Waals surface area contributed by atoms with E-state index >= 15 is 0 Å². The van der Waals surface area contributed by atoms with Crippen LogP contribution in [0, 0.1) is 6.92 Å². The Morgan fingerprint density at radius 2 is 2.29 bits per heavy atom. The molecule has 0 radical (unpaired) electrons. The number of carbonyl (C=O) groups is 1. The maximum absolute atomic E-state index is 11.3. The lowest BCUT2D eigenvalue weighted by Gasteiger charge is -2.00. The van der Waals surface area contributed by atoms with Crippen LogP contribution >= 0.6 is 0 Å². The number of fused-ring (bicyclic) bond motifs is 1. The molecule has 0 aliphatic rings. The monoisotopic (exact) mass is 193 g/mol. The number of hydrogen-bond donors (Lipinski definition) is 2. The summed E-state index contributed by atoms with van der Waals surface area (Å²) in [4.78, 5) is 11.3. The van der Waals surface area contributed by atoms with Gasteiger partial charge in [-0.05, 0) is 6.92 Å². The molecule has 0 fully saturated rings. The minimum atomic E-state index is -0.323. The quantitative estimate of drug-likeness (QED) is 0.397. The molecular formula is C9H11N3O2. The lowest BCUT2D eigenvalue weighted by atomic mass is 10.4. The topological polar surface area (TPSA) is 73.2 Å². The van der Waals surface area contributed by atoms with Gasteiger partial charge in [0.15, 0.2) is 5.58 Å². The summed E-state index contributed by atoms with van der Waals surface area (Å²) >= 11 is 0. The van der Waals surface area contributed by atoms with Gasteiger partial charge in [0.25, 0.3) is 5.91 Å². The molecule has 2 aromatic heterocycles. The van der Waals surface area contributed by atoms with Crippen molar-refractivity contribution in [1.82, 2.24) is 9.99 Å². The summed E-state index contributed by atoms with van der Waals surface area (Å²) in [6.45, 7) is 1.86.